The van der Waals surface area contributed by atoms with Crippen LogP contribution >= 0.6 is 23.6 Å². The van der Waals surface area contributed by atoms with Crippen molar-refractivity contribution in [1.29, 1.82) is 0 Å². The lowest BCUT2D eigenvalue weighted by atomic mass is 10.1. The minimum atomic E-state index is -0.644. The second-order valence-electron chi connectivity index (χ2n) is 5.81. The van der Waals surface area contributed by atoms with Crippen molar-refractivity contribution in [3.63, 3.8) is 0 Å². The zero-order valence-electron chi connectivity index (χ0n) is 14.8. The Morgan fingerprint density at radius 1 is 1.11 bits per heavy atom. The summed E-state index contributed by atoms with van der Waals surface area (Å²) < 4.78 is 31.9. The normalized spacial score (nSPS) is 10.4. The number of ether oxygens (including phenoxy) is 1. The summed E-state index contributed by atoms with van der Waals surface area (Å²) in [6.07, 6.45) is 0.635. The zero-order chi connectivity index (χ0) is 20.1. The third-order valence-corrected chi connectivity index (χ3v) is 5.07. The average molecular weight is 418 g/mol. The molecule has 0 bridgehead atoms. The van der Waals surface area contributed by atoms with Gasteiger partial charge in [-0.15, -0.1) is 11.3 Å². The van der Waals surface area contributed by atoms with Crippen LogP contribution in [-0.2, 0) is 11.2 Å². The van der Waals surface area contributed by atoms with Gasteiger partial charge in [0.05, 0.1) is 18.4 Å². The number of esters is 1. The largest absolute Gasteiger partial charge is 0.465 e. The molecule has 0 aliphatic carbocycles. The average Bonchev–Trinajstić information content (AvgIpc) is 3.06. The van der Waals surface area contributed by atoms with E-state index in [1.165, 1.54) is 18.4 Å². The maximum atomic E-state index is 13.8. The van der Waals surface area contributed by atoms with Crippen LogP contribution in [0, 0.1) is 11.6 Å². The van der Waals surface area contributed by atoms with Crippen LogP contribution in [0.3, 0.4) is 0 Å². The lowest BCUT2D eigenvalue weighted by Crippen LogP contribution is -2.20. The van der Waals surface area contributed by atoms with E-state index in [4.69, 9.17) is 17.0 Å². The van der Waals surface area contributed by atoms with Gasteiger partial charge in [0.1, 0.15) is 16.6 Å². The van der Waals surface area contributed by atoms with E-state index in [-0.39, 0.29) is 10.8 Å². The Labute approximate surface area is 170 Å². The number of nitrogens with one attached hydrogen (secondary N) is 2. The molecule has 0 aliphatic heterocycles. The smallest absolute Gasteiger partial charge is 0.340 e. The summed E-state index contributed by atoms with van der Waals surface area (Å²) in [6.45, 7) is 0. The summed E-state index contributed by atoms with van der Waals surface area (Å²) in [5, 5.41) is 5.97. The molecule has 3 rings (SSSR count). The molecule has 2 aromatic carbocycles. The number of hydrogen-bond acceptors (Lipinski definition) is 4. The molecule has 0 atom stereocenters. The van der Waals surface area contributed by atoms with Gasteiger partial charge < -0.3 is 15.4 Å². The van der Waals surface area contributed by atoms with Gasteiger partial charge in [-0.25, -0.2) is 13.6 Å². The molecule has 0 radical (unpaired) electrons. The number of halogens is 2. The molecule has 0 unspecified atom stereocenters. The quantitative estimate of drug-likeness (QED) is 0.440. The summed E-state index contributed by atoms with van der Waals surface area (Å²) in [7, 11) is 1.29. The van der Waals surface area contributed by atoms with E-state index in [1.54, 1.807) is 6.07 Å². The molecule has 4 nitrogen and oxygen atoms in total. The van der Waals surface area contributed by atoms with Gasteiger partial charge in [0, 0.05) is 17.4 Å². The Hall–Kier alpha value is -2.84. The van der Waals surface area contributed by atoms with Crippen molar-refractivity contribution < 1.29 is 18.3 Å². The number of rotatable bonds is 5. The number of thiocarbonyl (C=S) groups is 1. The molecule has 0 amide bonds. The maximum absolute atomic E-state index is 13.8. The van der Waals surface area contributed by atoms with E-state index in [9.17, 15) is 13.6 Å². The molecule has 28 heavy (non-hydrogen) atoms. The SMILES string of the molecule is COC(=O)c1cc(Cc2ccccc2)sc1NC(=S)Nc1cc(F)ccc1F. The van der Waals surface area contributed by atoms with Gasteiger partial charge in [-0.3, -0.25) is 0 Å². The highest BCUT2D eigenvalue weighted by Gasteiger charge is 2.18. The third kappa shape index (κ3) is 4.90. The van der Waals surface area contributed by atoms with E-state index < -0.39 is 17.6 Å². The van der Waals surface area contributed by atoms with Crippen LogP contribution < -0.4 is 10.6 Å². The van der Waals surface area contributed by atoms with Crippen LogP contribution in [0.15, 0.2) is 54.6 Å². The number of carbonyl (C=O) groups excluding carboxylic acids is 1. The Balaban J connectivity index is 1.80. The molecule has 0 saturated carbocycles. The molecule has 0 aliphatic rings. The molecule has 1 aromatic heterocycles. The highest BCUT2D eigenvalue weighted by molar-refractivity contribution is 7.80. The molecule has 0 fully saturated rings. The molecular weight excluding hydrogens is 402 g/mol. The Kier molecular flexibility index (Phi) is 6.33. The Morgan fingerprint density at radius 2 is 1.86 bits per heavy atom. The summed E-state index contributed by atoms with van der Waals surface area (Å²) in [5.41, 5.74) is 1.31. The minimum Gasteiger partial charge on any atom is -0.465 e. The molecular formula is C20H16F2N2O2S2. The summed E-state index contributed by atoms with van der Waals surface area (Å²) in [5.74, 6) is -1.75. The fourth-order valence-electron chi connectivity index (χ4n) is 2.53. The van der Waals surface area contributed by atoms with Gasteiger partial charge in [-0.1, -0.05) is 30.3 Å². The third-order valence-electron chi connectivity index (χ3n) is 3.81. The standard InChI is InChI=1S/C20H16F2N2O2S2/c1-26-19(25)15-11-14(9-12-5-3-2-4-6-12)28-18(15)24-20(27)23-17-10-13(21)7-8-16(17)22/h2-8,10-11H,9H2,1H3,(H2,23,24,27). The van der Waals surface area contributed by atoms with Crippen LogP contribution in [0.25, 0.3) is 0 Å². The maximum Gasteiger partial charge on any atom is 0.340 e. The fourth-order valence-corrected chi connectivity index (χ4v) is 3.89. The van der Waals surface area contributed by atoms with E-state index >= 15 is 0 Å². The first-order chi connectivity index (χ1) is 13.5. The molecule has 144 valence electrons. The zero-order valence-corrected chi connectivity index (χ0v) is 16.4. The lowest BCUT2D eigenvalue weighted by Gasteiger charge is -2.11. The van der Waals surface area contributed by atoms with Gasteiger partial charge in [0.25, 0.3) is 0 Å². The van der Waals surface area contributed by atoms with Crippen molar-refractivity contribution >= 4 is 45.3 Å². The monoisotopic (exact) mass is 418 g/mol. The van der Waals surface area contributed by atoms with Gasteiger partial charge >= 0.3 is 5.97 Å². The van der Waals surface area contributed by atoms with Crippen LogP contribution in [0.5, 0.6) is 0 Å². The van der Waals surface area contributed by atoms with Crippen LogP contribution in [0.2, 0.25) is 0 Å². The number of methoxy groups -OCH3 is 1. The van der Waals surface area contributed by atoms with Crippen LogP contribution in [0.4, 0.5) is 19.5 Å². The molecule has 3 aromatic rings. The summed E-state index contributed by atoms with van der Waals surface area (Å²) in [4.78, 5) is 13.0. The van der Waals surface area contributed by atoms with E-state index in [0.717, 1.165) is 28.6 Å². The second kappa shape index (κ2) is 8.90. The molecule has 2 N–H and O–H groups in total. The lowest BCUT2D eigenvalue weighted by molar-refractivity contribution is 0.0602. The topological polar surface area (TPSA) is 50.4 Å². The van der Waals surface area contributed by atoms with Crippen molar-refractivity contribution in [2.45, 2.75) is 6.42 Å². The first-order valence-electron chi connectivity index (χ1n) is 8.24. The van der Waals surface area contributed by atoms with Gasteiger partial charge in [0.2, 0.25) is 0 Å². The number of benzene rings is 2. The van der Waals surface area contributed by atoms with E-state index in [1.807, 2.05) is 30.3 Å². The van der Waals surface area contributed by atoms with Crippen molar-refractivity contribution in [3.8, 4) is 0 Å². The van der Waals surface area contributed by atoms with Crippen molar-refractivity contribution in [2.75, 3.05) is 17.7 Å². The van der Waals surface area contributed by atoms with E-state index in [0.29, 0.717) is 17.0 Å². The van der Waals surface area contributed by atoms with Gasteiger partial charge in [-0.05, 0) is 36.0 Å². The minimum absolute atomic E-state index is 0.0303. The fraction of sp³-hybridized carbons (Fsp3) is 0.100. The number of thiophene rings is 1. The molecule has 0 spiro atoms. The number of hydrogen-bond donors (Lipinski definition) is 2. The van der Waals surface area contributed by atoms with Crippen molar-refractivity contribution in [2.24, 2.45) is 0 Å². The second-order valence-corrected chi connectivity index (χ2v) is 7.36. The highest BCUT2D eigenvalue weighted by atomic mass is 32.1. The summed E-state index contributed by atoms with van der Waals surface area (Å²) >= 11 is 6.52. The molecule has 0 saturated heterocycles. The van der Waals surface area contributed by atoms with Crippen LogP contribution in [0.1, 0.15) is 20.8 Å². The van der Waals surface area contributed by atoms with Crippen molar-refractivity contribution in [3.05, 3.63) is 82.2 Å². The van der Waals surface area contributed by atoms with Gasteiger partial charge in [-0.2, -0.15) is 0 Å². The predicted octanol–water partition coefficient (Wildman–Crippen LogP) is 5.21. The first kappa shape index (κ1) is 19.9. The highest BCUT2D eigenvalue weighted by Crippen LogP contribution is 2.31. The van der Waals surface area contributed by atoms with Crippen molar-refractivity contribution in [1.82, 2.24) is 0 Å². The van der Waals surface area contributed by atoms with E-state index in [2.05, 4.69) is 10.6 Å². The molecule has 8 heteroatoms. The Morgan fingerprint density at radius 3 is 2.57 bits per heavy atom. The summed E-state index contributed by atoms with van der Waals surface area (Å²) in [6, 6.07) is 14.5. The predicted molar refractivity (Wildman–Crippen MR) is 111 cm³/mol. The van der Waals surface area contributed by atoms with Crippen LogP contribution in [-0.4, -0.2) is 18.2 Å². The first-order valence-corrected chi connectivity index (χ1v) is 9.46. The molecule has 1 heterocycles. The number of carbonyl (C=O) groups is 1. The Bertz CT molecular complexity index is 1010. The van der Waals surface area contributed by atoms with Gasteiger partial charge in [0.15, 0.2) is 5.11 Å². The number of anilines is 2.